The molecule has 29 heavy (non-hydrogen) atoms. The normalized spacial score (nSPS) is 19.3. The molecule has 1 atom stereocenters. The summed E-state index contributed by atoms with van der Waals surface area (Å²) >= 11 is 0. The summed E-state index contributed by atoms with van der Waals surface area (Å²) in [6, 6.07) is 33.1. The number of hydrogen-bond acceptors (Lipinski definition) is 2. The maximum absolute atomic E-state index is 6.01. The highest BCUT2D eigenvalue weighted by atomic mass is 16.5. The molecule has 1 aliphatic rings. The van der Waals surface area contributed by atoms with Gasteiger partial charge in [0.25, 0.3) is 0 Å². The number of likely N-dealkylation sites (tertiary alicyclic amines) is 1. The van der Waals surface area contributed by atoms with Crippen LogP contribution in [0.3, 0.4) is 0 Å². The van der Waals surface area contributed by atoms with Crippen molar-refractivity contribution in [2.24, 2.45) is 0 Å². The minimum Gasteiger partial charge on any atom is -0.377 e. The minimum absolute atomic E-state index is 0.0439. The zero-order valence-electron chi connectivity index (χ0n) is 17.7. The standard InChI is InChI=1S/C27H31NO/c1-26(2,29-3)25-19-27(23-15-9-5-10-16-23,24-17-11-6-12-18-24)21-28(25)20-22-13-7-4-8-14-22/h4-18,25H,19-21H2,1-3H3. The van der Waals surface area contributed by atoms with Crippen molar-refractivity contribution in [2.75, 3.05) is 13.7 Å². The first-order valence-electron chi connectivity index (χ1n) is 10.5. The van der Waals surface area contributed by atoms with Gasteiger partial charge in [-0.2, -0.15) is 0 Å². The minimum atomic E-state index is -0.236. The SMILES string of the molecule is COC(C)(C)C1CC(c2ccccc2)(c2ccccc2)CN1Cc1ccccc1. The van der Waals surface area contributed by atoms with Gasteiger partial charge in [-0.05, 0) is 37.0 Å². The van der Waals surface area contributed by atoms with Gasteiger partial charge in [0.15, 0.2) is 0 Å². The highest BCUT2D eigenvalue weighted by Gasteiger charge is 2.51. The van der Waals surface area contributed by atoms with Gasteiger partial charge in [0, 0.05) is 31.7 Å². The molecule has 3 aromatic rings. The third kappa shape index (κ3) is 3.88. The molecule has 2 heteroatoms. The first-order chi connectivity index (χ1) is 14.0. The second-order valence-electron chi connectivity index (χ2n) is 8.73. The number of ether oxygens (including phenoxy) is 1. The van der Waals surface area contributed by atoms with E-state index < -0.39 is 0 Å². The van der Waals surface area contributed by atoms with Gasteiger partial charge in [-0.3, -0.25) is 4.90 Å². The summed E-state index contributed by atoms with van der Waals surface area (Å²) in [6.45, 7) is 6.36. The van der Waals surface area contributed by atoms with Crippen molar-refractivity contribution in [3.8, 4) is 0 Å². The zero-order chi connectivity index (χ0) is 20.3. The maximum Gasteiger partial charge on any atom is 0.0777 e. The summed E-state index contributed by atoms with van der Waals surface area (Å²) in [4.78, 5) is 2.62. The molecule has 2 nitrogen and oxygen atoms in total. The number of nitrogens with zero attached hydrogens (tertiary/aromatic N) is 1. The first-order valence-corrected chi connectivity index (χ1v) is 10.5. The average Bonchev–Trinajstić information content (AvgIpc) is 3.17. The number of rotatable bonds is 6. The van der Waals surface area contributed by atoms with Crippen LogP contribution in [0, 0.1) is 0 Å². The van der Waals surface area contributed by atoms with Crippen molar-refractivity contribution >= 4 is 0 Å². The Bertz CT molecular complexity index is 866. The fourth-order valence-corrected chi connectivity index (χ4v) is 4.89. The van der Waals surface area contributed by atoms with Crippen molar-refractivity contribution in [3.05, 3.63) is 108 Å². The predicted molar refractivity (Wildman–Crippen MR) is 120 cm³/mol. The Hall–Kier alpha value is -2.42. The van der Waals surface area contributed by atoms with Gasteiger partial charge in [0.05, 0.1) is 5.60 Å². The van der Waals surface area contributed by atoms with Crippen LogP contribution in [0.15, 0.2) is 91.0 Å². The Kier molecular flexibility index (Phi) is 5.58. The van der Waals surface area contributed by atoms with Gasteiger partial charge in [0.2, 0.25) is 0 Å². The molecule has 0 N–H and O–H groups in total. The van der Waals surface area contributed by atoms with Crippen LogP contribution in [0.5, 0.6) is 0 Å². The van der Waals surface area contributed by atoms with Gasteiger partial charge >= 0.3 is 0 Å². The van der Waals surface area contributed by atoms with Crippen LogP contribution >= 0.6 is 0 Å². The van der Waals surface area contributed by atoms with Gasteiger partial charge < -0.3 is 4.74 Å². The fraction of sp³-hybridized carbons (Fsp3) is 0.333. The van der Waals surface area contributed by atoms with E-state index in [0.29, 0.717) is 6.04 Å². The predicted octanol–water partition coefficient (Wildman–Crippen LogP) is 5.67. The van der Waals surface area contributed by atoms with Crippen LogP contribution in [0.4, 0.5) is 0 Å². The third-order valence-electron chi connectivity index (χ3n) is 6.67. The number of hydrogen-bond donors (Lipinski definition) is 0. The first kappa shape index (κ1) is 19.9. The van der Waals surface area contributed by atoms with E-state index in [-0.39, 0.29) is 11.0 Å². The highest BCUT2D eigenvalue weighted by molar-refractivity contribution is 5.42. The van der Waals surface area contributed by atoms with E-state index in [4.69, 9.17) is 4.74 Å². The van der Waals surface area contributed by atoms with Gasteiger partial charge in [-0.25, -0.2) is 0 Å². The Balaban J connectivity index is 1.80. The van der Waals surface area contributed by atoms with Crippen LogP contribution in [0.1, 0.15) is 37.0 Å². The van der Waals surface area contributed by atoms with Crippen molar-refractivity contribution in [1.29, 1.82) is 0 Å². The molecule has 0 saturated carbocycles. The van der Waals surface area contributed by atoms with E-state index in [2.05, 4.69) is 110 Å². The number of methoxy groups -OCH3 is 1. The van der Waals surface area contributed by atoms with E-state index in [1.165, 1.54) is 16.7 Å². The number of benzene rings is 3. The lowest BCUT2D eigenvalue weighted by molar-refractivity contribution is -0.0422. The lowest BCUT2D eigenvalue weighted by atomic mass is 9.71. The molecule has 1 saturated heterocycles. The quantitative estimate of drug-likeness (QED) is 0.542. The van der Waals surface area contributed by atoms with Gasteiger partial charge in [0.1, 0.15) is 0 Å². The van der Waals surface area contributed by atoms with Crippen LogP contribution in [-0.2, 0) is 16.7 Å². The molecule has 4 rings (SSSR count). The summed E-state index contributed by atoms with van der Waals surface area (Å²) in [5, 5.41) is 0. The van der Waals surface area contributed by atoms with E-state index in [1.807, 2.05) is 7.11 Å². The summed E-state index contributed by atoms with van der Waals surface area (Å²) in [5.74, 6) is 0. The fourth-order valence-electron chi connectivity index (χ4n) is 4.89. The van der Waals surface area contributed by atoms with E-state index in [9.17, 15) is 0 Å². The van der Waals surface area contributed by atoms with Crippen molar-refractivity contribution in [3.63, 3.8) is 0 Å². The summed E-state index contributed by atoms with van der Waals surface area (Å²) in [5.41, 5.74) is 3.84. The Morgan fingerprint density at radius 3 is 1.79 bits per heavy atom. The van der Waals surface area contributed by atoms with Gasteiger partial charge in [-0.1, -0.05) is 91.0 Å². The summed E-state index contributed by atoms with van der Waals surface area (Å²) in [7, 11) is 1.84. The molecule has 1 unspecified atom stereocenters. The molecule has 0 spiro atoms. The largest absolute Gasteiger partial charge is 0.377 e. The average molecular weight is 386 g/mol. The molecule has 3 aromatic carbocycles. The smallest absolute Gasteiger partial charge is 0.0777 e. The lowest BCUT2D eigenvalue weighted by Crippen LogP contribution is -2.46. The van der Waals surface area contributed by atoms with E-state index >= 15 is 0 Å². The molecular formula is C27H31NO. The Morgan fingerprint density at radius 1 is 0.828 bits per heavy atom. The van der Waals surface area contributed by atoms with Crippen molar-refractivity contribution in [1.82, 2.24) is 4.90 Å². The summed E-state index contributed by atoms with van der Waals surface area (Å²) < 4.78 is 6.01. The van der Waals surface area contributed by atoms with Gasteiger partial charge in [-0.15, -0.1) is 0 Å². The molecule has 0 bridgehead atoms. The molecule has 0 radical (unpaired) electrons. The highest BCUT2D eigenvalue weighted by Crippen LogP contribution is 2.47. The monoisotopic (exact) mass is 385 g/mol. The van der Waals surface area contributed by atoms with Crippen LogP contribution in [0.2, 0.25) is 0 Å². The van der Waals surface area contributed by atoms with E-state index in [0.717, 1.165) is 19.5 Å². The molecular weight excluding hydrogens is 354 g/mol. The molecule has 0 amide bonds. The zero-order valence-corrected chi connectivity index (χ0v) is 17.7. The molecule has 150 valence electrons. The van der Waals surface area contributed by atoms with Crippen molar-refractivity contribution in [2.45, 2.75) is 43.9 Å². The molecule has 1 fully saturated rings. The third-order valence-corrected chi connectivity index (χ3v) is 6.67. The topological polar surface area (TPSA) is 12.5 Å². The maximum atomic E-state index is 6.01. The van der Waals surface area contributed by atoms with E-state index in [1.54, 1.807) is 0 Å². The van der Waals surface area contributed by atoms with Crippen LogP contribution in [-0.4, -0.2) is 30.2 Å². The molecule has 1 aliphatic heterocycles. The van der Waals surface area contributed by atoms with Crippen LogP contribution in [0.25, 0.3) is 0 Å². The Labute approximate surface area is 175 Å². The van der Waals surface area contributed by atoms with Crippen molar-refractivity contribution < 1.29 is 4.74 Å². The Morgan fingerprint density at radius 2 is 1.31 bits per heavy atom. The second kappa shape index (κ2) is 8.14. The molecule has 0 aromatic heterocycles. The molecule has 0 aliphatic carbocycles. The van der Waals surface area contributed by atoms with Crippen LogP contribution < -0.4 is 0 Å². The second-order valence-corrected chi connectivity index (χ2v) is 8.73. The molecule has 1 heterocycles. The lowest BCUT2D eigenvalue weighted by Gasteiger charge is -2.36. The summed E-state index contributed by atoms with van der Waals surface area (Å²) in [6.07, 6.45) is 1.04.